The Bertz CT molecular complexity index is 1920. The fraction of sp³-hybridized carbons (Fsp3) is 0.545. The highest BCUT2D eigenvalue weighted by Crippen LogP contribution is 2.42. The Labute approximate surface area is 279 Å². The van der Waals surface area contributed by atoms with Gasteiger partial charge in [-0.2, -0.15) is 9.97 Å². The molecule has 15 heteroatoms. The first-order chi connectivity index (χ1) is 22.7. The Morgan fingerprint density at radius 1 is 1.12 bits per heavy atom. The van der Waals surface area contributed by atoms with E-state index in [0.29, 0.717) is 49.4 Å². The maximum absolute atomic E-state index is 16.7. The summed E-state index contributed by atoms with van der Waals surface area (Å²) in [6.07, 6.45) is 2.54. The van der Waals surface area contributed by atoms with Crippen molar-refractivity contribution in [3.05, 3.63) is 34.7 Å². The van der Waals surface area contributed by atoms with Gasteiger partial charge in [-0.05, 0) is 53.5 Å². The molecule has 0 N–H and O–H groups in total. The van der Waals surface area contributed by atoms with E-state index < -0.39 is 40.9 Å². The Kier molecular flexibility index (Phi) is 8.13. The smallest absolute Gasteiger partial charge is 0.410 e. The number of carbonyl (C=O) groups excluding carboxylic acids is 1. The molecule has 4 aromatic rings. The molecule has 0 bridgehead atoms. The van der Waals surface area contributed by atoms with E-state index >= 15 is 8.78 Å². The lowest BCUT2D eigenvalue weighted by Gasteiger charge is -2.31. The second-order valence-electron chi connectivity index (χ2n) is 14.0. The van der Waals surface area contributed by atoms with Crippen molar-refractivity contribution >= 4 is 44.4 Å². The number of fused-ring (bicyclic) bond motifs is 3. The second kappa shape index (κ2) is 11.9. The molecule has 1 unspecified atom stereocenters. The van der Waals surface area contributed by atoms with Gasteiger partial charge < -0.3 is 19.3 Å². The van der Waals surface area contributed by atoms with Gasteiger partial charge in [0.2, 0.25) is 0 Å². The highest BCUT2D eigenvalue weighted by Gasteiger charge is 2.49. The van der Waals surface area contributed by atoms with E-state index in [2.05, 4.69) is 19.9 Å². The number of anilines is 1. The van der Waals surface area contributed by atoms with Crippen LogP contribution in [0.25, 0.3) is 32.4 Å². The number of alkyl halides is 1. The average molecular weight is 688 g/mol. The molecular weight excluding hydrogens is 650 g/mol. The summed E-state index contributed by atoms with van der Waals surface area (Å²) in [6, 6.07) is 0.363. The minimum Gasteiger partial charge on any atom is -0.461 e. The number of aryl methyl sites for hydroxylation is 1. The van der Waals surface area contributed by atoms with E-state index in [9.17, 15) is 13.6 Å². The molecule has 3 atom stereocenters. The first-order valence-corrected chi connectivity index (χ1v) is 16.9. The molecule has 3 fully saturated rings. The van der Waals surface area contributed by atoms with Gasteiger partial charge in [0.15, 0.2) is 5.82 Å². The van der Waals surface area contributed by atoms with E-state index in [4.69, 9.17) is 14.5 Å². The van der Waals surface area contributed by atoms with E-state index in [0.717, 1.165) is 30.7 Å². The normalized spacial score (nSPS) is 23.0. The summed E-state index contributed by atoms with van der Waals surface area (Å²) in [6.45, 7) is 9.06. The van der Waals surface area contributed by atoms with Crippen LogP contribution in [0.3, 0.4) is 0 Å². The van der Waals surface area contributed by atoms with Crippen LogP contribution in [0.1, 0.15) is 51.5 Å². The fourth-order valence-corrected chi connectivity index (χ4v) is 8.08. The zero-order chi connectivity index (χ0) is 34.1. The largest absolute Gasteiger partial charge is 0.461 e. The number of aromatic nitrogens is 4. The first kappa shape index (κ1) is 32.7. The topological polar surface area (TPSA) is 96.8 Å². The maximum Gasteiger partial charge on any atom is 0.410 e. The molecule has 3 aliphatic heterocycles. The molecule has 1 aromatic carbocycles. The summed E-state index contributed by atoms with van der Waals surface area (Å²) < 4.78 is 73.0. The SMILES string of the molecule is Cc1nc2c(-c3ncc4c(N(C)[C@@H]5CCN(C(=O)OC(C)(C)C)C5)nc(OC[C@@]56CCCN5CC(F)C6)nc4c3F)c(F)cc(F)c2s1. The molecule has 0 spiro atoms. The molecule has 3 aromatic heterocycles. The highest BCUT2D eigenvalue weighted by atomic mass is 32.1. The summed E-state index contributed by atoms with van der Waals surface area (Å²) in [5.74, 6) is -2.44. The van der Waals surface area contributed by atoms with Crippen molar-refractivity contribution in [2.75, 3.05) is 44.7 Å². The summed E-state index contributed by atoms with van der Waals surface area (Å²) in [5.41, 5.74) is -2.00. The number of carbonyl (C=O) groups is 1. The molecule has 7 rings (SSSR count). The van der Waals surface area contributed by atoms with Crippen LogP contribution < -0.4 is 9.64 Å². The van der Waals surface area contributed by atoms with E-state index in [1.54, 1.807) is 39.6 Å². The quantitative estimate of drug-likeness (QED) is 0.213. The van der Waals surface area contributed by atoms with Crippen LogP contribution in [0, 0.1) is 24.4 Å². The van der Waals surface area contributed by atoms with Gasteiger partial charge in [0.05, 0.1) is 31.7 Å². The number of benzene rings is 1. The van der Waals surface area contributed by atoms with Crippen molar-refractivity contribution < 1.29 is 31.8 Å². The third-order valence-corrected chi connectivity index (χ3v) is 10.5. The van der Waals surface area contributed by atoms with Crippen molar-refractivity contribution in [1.29, 1.82) is 0 Å². The van der Waals surface area contributed by atoms with E-state index in [1.807, 2.05) is 4.90 Å². The molecule has 0 radical (unpaired) electrons. The van der Waals surface area contributed by atoms with Crippen molar-refractivity contribution in [1.82, 2.24) is 29.7 Å². The number of hydrogen-bond donors (Lipinski definition) is 0. The van der Waals surface area contributed by atoms with Crippen LogP contribution in [0.5, 0.6) is 6.01 Å². The van der Waals surface area contributed by atoms with Crippen LogP contribution in [-0.4, -0.2) is 99.0 Å². The van der Waals surface area contributed by atoms with E-state index in [-0.39, 0.29) is 51.0 Å². The molecule has 3 aliphatic rings. The molecular formula is C33H37F4N7O3S. The first-order valence-electron chi connectivity index (χ1n) is 16.1. The number of amides is 1. The molecule has 48 heavy (non-hydrogen) atoms. The van der Waals surface area contributed by atoms with E-state index in [1.165, 1.54) is 6.20 Å². The third kappa shape index (κ3) is 5.78. The Morgan fingerprint density at radius 3 is 2.69 bits per heavy atom. The molecule has 6 heterocycles. The highest BCUT2D eigenvalue weighted by molar-refractivity contribution is 7.18. The molecule has 0 saturated carbocycles. The summed E-state index contributed by atoms with van der Waals surface area (Å²) in [5, 5.41) is 0.721. The molecule has 10 nitrogen and oxygen atoms in total. The number of rotatable bonds is 6. The van der Waals surface area contributed by atoms with Gasteiger partial charge in [-0.1, -0.05) is 0 Å². The number of likely N-dealkylation sites (tertiary alicyclic amines) is 1. The third-order valence-electron chi connectivity index (χ3n) is 9.49. The lowest BCUT2D eigenvalue weighted by Crippen LogP contribution is -2.43. The van der Waals surface area contributed by atoms with Gasteiger partial charge in [-0.15, -0.1) is 11.3 Å². The van der Waals surface area contributed by atoms with Gasteiger partial charge >= 0.3 is 12.1 Å². The zero-order valence-electron chi connectivity index (χ0n) is 27.4. The number of hydrogen-bond acceptors (Lipinski definition) is 10. The lowest BCUT2D eigenvalue weighted by molar-refractivity contribution is 0.0292. The number of nitrogens with zero attached hydrogens (tertiary/aromatic N) is 7. The monoisotopic (exact) mass is 687 g/mol. The van der Waals surface area contributed by atoms with Crippen LogP contribution >= 0.6 is 11.3 Å². The number of ether oxygens (including phenoxy) is 2. The minimum atomic E-state index is -1.01. The Morgan fingerprint density at radius 2 is 1.92 bits per heavy atom. The van der Waals surface area contributed by atoms with Crippen molar-refractivity contribution in [3.63, 3.8) is 0 Å². The van der Waals surface area contributed by atoms with Crippen molar-refractivity contribution in [2.45, 2.75) is 76.7 Å². The van der Waals surface area contributed by atoms with Crippen molar-refractivity contribution in [2.24, 2.45) is 0 Å². The Balaban J connectivity index is 1.29. The van der Waals surface area contributed by atoms with Gasteiger partial charge in [0.25, 0.3) is 0 Å². The standard InChI is InChI=1S/C33H37F4N7O3S/c1-17-39-27-23(21(35)11-22(36)28(27)48-17)26-24(37)25-20(13-38-26)29(42(5)19-7-10-43(15-19)31(45)47-32(2,3)4)41-30(40-25)46-16-33-8-6-9-44(33)14-18(34)12-33/h11,13,18-19H,6-10,12,14-16H2,1-5H3/t18?,19-,33+/m1/s1. The van der Waals surface area contributed by atoms with Crippen LogP contribution in [-0.2, 0) is 4.74 Å². The average Bonchev–Trinajstić information content (AvgIpc) is 3.79. The minimum absolute atomic E-state index is 0.0285. The van der Waals surface area contributed by atoms with Crippen molar-refractivity contribution in [3.8, 4) is 17.3 Å². The van der Waals surface area contributed by atoms with Crippen LogP contribution in [0.15, 0.2) is 12.3 Å². The number of pyridine rings is 1. The number of halogens is 4. The summed E-state index contributed by atoms with van der Waals surface area (Å²) >= 11 is 1.04. The van der Waals surface area contributed by atoms with Gasteiger partial charge in [-0.3, -0.25) is 9.88 Å². The molecule has 1 amide bonds. The van der Waals surface area contributed by atoms with Gasteiger partial charge in [0.1, 0.15) is 47.0 Å². The summed E-state index contributed by atoms with van der Waals surface area (Å²) in [7, 11) is 1.78. The van der Waals surface area contributed by atoms with Crippen LogP contribution in [0.4, 0.5) is 28.2 Å². The molecule has 256 valence electrons. The fourth-order valence-electron chi connectivity index (χ4n) is 7.25. The number of likely N-dealkylation sites (N-methyl/N-ethyl adjacent to an activating group) is 1. The molecule has 0 aliphatic carbocycles. The number of thiazole rings is 1. The maximum atomic E-state index is 16.7. The lowest BCUT2D eigenvalue weighted by atomic mass is 9.95. The predicted molar refractivity (Wildman–Crippen MR) is 174 cm³/mol. The second-order valence-corrected chi connectivity index (χ2v) is 15.2. The molecule has 3 saturated heterocycles. The Hall–Kier alpha value is -3.85. The van der Waals surface area contributed by atoms with Crippen LogP contribution in [0.2, 0.25) is 0 Å². The van der Waals surface area contributed by atoms with Gasteiger partial charge in [-0.25, -0.2) is 27.3 Å². The predicted octanol–water partition coefficient (Wildman–Crippen LogP) is 6.43. The summed E-state index contributed by atoms with van der Waals surface area (Å²) in [4.78, 5) is 36.1. The van der Waals surface area contributed by atoms with Gasteiger partial charge in [0, 0.05) is 51.4 Å². The zero-order valence-corrected chi connectivity index (χ0v) is 28.3.